The maximum Gasteiger partial charge on any atom is 0.222 e. The van der Waals surface area contributed by atoms with E-state index >= 15 is 0 Å². The summed E-state index contributed by atoms with van der Waals surface area (Å²) in [5.41, 5.74) is 0. The zero-order chi connectivity index (χ0) is 9.68. The molecule has 76 valence electrons. The maximum absolute atomic E-state index is 10.4. The van der Waals surface area contributed by atoms with Gasteiger partial charge in [0.25, 0.3) is 0 Å². The fourth-order valence-electron chi connectivity index (χ4n) is 1.76. The predicted octanol–water partition coefficient (Wildman–Crippen LogP) is 1.53. The lowest BCUT2D eigenvalue weighted by molar-refractivity contribution is -0.518. The molecular formula is C9H18N2O2. The number of rotatable bonds is 3. The van der Waals surface area contributed by atoms with Gasteiger partial charge in [0.15, 0.2) is 0 Å². The molecule has 0 aromatic heterocycles. The fraction of sp³-hybridized carbons (Fsp3) is 1.00. The summed E-state index contributed by atoms with van der Waals surface area (Å²) in [5, 5.41) is 10.4. The van der Waals surface area contributed by atoms with Crippen LogP contribution in [0.2, 0.25) is 0 Å². The summed E-state index contributed by atoms with van der Waals surface area (Å²) >= 11 is 0. The Morgan fingerprint density at radius 3 is 2.31 bits per heavy atom. The van der Waals surface area contributed by atoms with Crippen molar-refractivity contribution in [2.75, 3.05) is 19.6 Å². The van der Waals surface area contributed by atoms with Crippen LogP contribution in [0.5, 0.6) is 0 Å². The van der Waals surface area contributed by atoms with Gasteiger partial charge in [-0.2, -0.15) is 0 Å². The number of likely N-dealkylation sites (tertiary alicyclic amines) is 1. The number of hydrogen-bond acceptors (Lipinski definition) is 3. The lowest BCUT2D eigenvalue weighted by Crippen LogP contribution is -2.35. The van der Waals surface area contributed by atoms with Crippen molar-refractivity contribution in [2.24, 2.45) is 0 Å². The summed E-state index contributed by atoms with van der Waals surface area (Å²) in [6.07, 6.45) is 4.96. The van der Waals surface area contributed by atoms with Crippen LogP contribution < -0.4 is 0 Å². The highest BCUT2D eigenvalue weighted by molar-refractivity contribution is 4.65. The molecular weight excluding hydrogens is 168 g/mol. The van der Waals surface area contributed by atoms with E-state index in [1.54, 1.807) is 6.92 Å². The summed E-state index contributed by atoms with van der Waals surface area (Å²) in [6, 6.07) is -0.418. The van der Waals surface area contributed by atoms with Gasteiger partial charge in [0, 0.05) is 11.8 Å². The average molecular weight is 186 g/mol. The van der Waals surface area contributed by atoms with Gasteiger partial charge in [-0.3, -0.25) is 15.0 Å². The van der Waals surface area contributed by atoms with Crippen molar-refractivity contribution in [1.82, 2.24) is 4.90 Å². The number of nitrogens with zero attached hydrogens (tertiary/aromatic N) is 2. The van der Waals surface area contributed by atoms with Crippen LogP contribution in [0.4, 0.5) is 0 Å². The van der Waals surface area contributed by atoms with Crippen LogP contribution >= 0.6 is 0 Å². The summed E-state index contributed by atoms with van der Waals surface area (Å²) in [5.74, 6) is 0. The van der Waals surface area contributed by atoms with Crippen molar-refractivity contribution in [3.05, 3.63) is 10.1 Å². The summed E-state index contributed by atoms with van der Waals surface area (Å²) in [6.45, 7) is 4.38. The van der Waals surface area contributed by atoms with Gasteiger partial charge in [-0.05, 0) is 25.9 Å². The van der Waals surface area contributed by atoms with Crippen LogP contribution in [0.25, 0.3) is 0 Å². The van der Waals surface area contributed by atoms with Gasteiger partial charge in [0.2, 0.25) is 6.04 Å². The standard InChI is InChI=1S/C9H18N2O2/c1-9(11(12)13)8-10-6-4-2-3-5-7-10/h9H,2-8H2,1H3. The molecule has 1 atom stereocenters. The van der Waals surface area contributed by atoms with E-state index < -0.39 is 6.04 Å². The highest BCUT2D eigenvalue weighted by atomic mass is 16.6. The quantitative estimate of drug-likeness (QED) is 0.496. The molecule has 0 aliphatic carbocycles. The average Bonchev–Trinajstić information content (AvgIpc) is 2.32. The monoisotopic (exact) mass is 186 g/mol. The van der Waals surface area contributed by atoms with Crippen molar-refractivity contribution in [2.45, 2.75) is 38.6 Å². The molecule has 0 aromatic rings. The SMILES string of the molecule is CC(CN1CCCCCC1)[N+](=O)[O-]. The van der Waals surface area contributed by atoms with Gasteiger partial charge in [0.1, 0.15) is 0 Å². The molecule has 4 heteroatoms. The van der Waals surface area contributed by atoms with E-state index in [0.29, 0.717) is 6.54 Å². The molecule has 0 saturated carbocycles. The number of nitro groups is 1. The first-order valence-corrected chi connectivity index (χ1v) is 5.06. The zero-order valence-corrected chi connectivity index (χ0v) is 8.24. The Morgan fingerprint density at radius 1 is 1.31 bits per heavy atom. The van der Waals surface area contributed by atoms with Crippen LogP contribution in [-0.2, 0) is 0 Å². The fourth-order valence-corrected chi connectivity index (χ4v) is 1.76. The van der Waals surface area contributed by atoms with E-state index in [1.165, 1.54) is 25.7 Å². The van der Waals surface area contributed by atoms with E-state index in [-0.39, 0.29) is 4.92 Å². The van der Waals surface area contributed by atoms with Gasteiger partial charge in [-0.1, -0.05) is 12.8 Å². The van der Waals surface area contributed by atoms with E-state index in [4.69, 9.17) is 0 Å². The molecule has 4 nitrogen and oxygen atoms in total. The Kier molecular flexibility index (Phi) is 4.15. The Labute approximate surface area is 79.1 Å². The molecule has 1 rings (SSSR count). The van der Waals surface area contributed by atoms with Crippen molar-refractivity contribution in [3.63, 3.8) is 0 Å². The third kappa shape index (κ3) is 3.72. The predicted molar refractivity (Wildman–Crippen MR) is 51.4 cm³/mol. The molecule has 1 fully saturated rings. The smallest absolute Gasteiger partial charge is 0.222 e. The van der Waals surface area contributed by atoms with Crippen LogP contribution in [0, 0.1) is 10.1 Å². The van der Waals surface area contributed by atoms with Crippen LogP contribution in [0.3, 0.4) is 0 Å². The van der Waals surface area contributed by atoms with Crippen molar-refractivity contribution >= 4 is 0 Å². The molecule has 0 amide bonds. The second kappa shape index (κ2) is 5.17. The molecule has 1 unspecified atom stereocenters. The lowest BCUT2D eigenvalue weighted by atomic mass is 10.2. The molecule has 1 aliphatic heterocycles. The van der Waals surface area contributed by atoms with Crippen molar-refractivity contribution in [1.29, 1.82) is 0 Å². The Balaban J connectivity index is 2.29. The van der Waals surface area contributed by atoms with Gasteiger partial charge in [-0.25, -0.2) is 0 Å². The third-order valence-corrected chi connectivity index (χ3v) is 2.58. The first-order valence-electron chi connectivity index (χ1n) is 5.06. The summed E-state index contributed by atoms with van der Waals surface area (Å²) in [4.78, 5) is 12.5. The third-order valence-electron chi connectivity index (χ3n) is 2.58. The molecule has 13 heavy (non-hydrogen) atoms. The molecule has 0 bridgehead atoms. The molecule has 1 heterocycles. The van der Waals surface area contributed by atoms with E-state index in [2.05, 4.69) is 4.90 Å². The molecule has 0 radical (unpaired) electrons. The highest BCUT2D eigenvalue weighted by Crippen LogP contribution is 2.10. The lowest BCUT2D eigenvalue weighted by Gasteiger charge is -2.19. The van der Waals surface area contributed by atoms with Crippen LogP contribution in [0.1, 0.15) is 32.6 Å². The topological polar surface area (TPSA) is 46.4 Å². The van der Waals surface area contributed by atoms with Crippen molar-refractivity contribution < 1.29 is 4.92 Å². The van der Waals surface area contributed by atoms with Gasteiger partial charge >= 0.3 is 0 Å². The first kappa shape index (κ1) is 10.4. The van der Waals surface area contributed by atoms with E-state index in [9.17, 15) is 10.1 Å². The first-order chi connectivity index (χ1) is 6.20. The Morgan fingerprint density at radius 2 is 1.85 bits per heavy atom. The minimum Gasteiger partial charge on any atom is -0.297 e. The van der Waals surface area contributed by atoms with E-state index in [1.807, 2.05) is 0 Å². The minimum absolute atomic E-state index is 0.190. The minimum atomic E-state index is -0.418. The van der Waals surface area contributed by atoms with Crippen molar-refractivity contribution in [3.8, 4) is 0 Å². The molecule has 0 N–H and O–H groups in total. The largest absolute Gasteiger partial charge is 0.297 e. The second-order valence-electron chi connectivity index (χ2n) is 3.85. The summed E-state index contributed by atoms with van der Waals surface area (Å²) < 4.78 is 0. The molecule has 1 saturated heterocycles. The van der Waals surface area contributed by atoms with Gasteiger partial charge < -0.3 is 0 Å². The Bertz CT molecular complexity index is 165. The summed E-state index contributed by atoms with van der Waals surface area (Å²) in [7, 11) is 0. The Hall–Kier alpha value is -0.640. The molecule has 1 aliphatic rings. The van der Waals surface area contributed by atoms with Gasteiger partial charge in [-0.15, -0.1) is 0 Å². The second-order valence-corrected chi connectivity index (χ2v) is 3.85. The van der Waals surface area contributed by atoms with E-state index in [0.717, 1.165) is 13.1 Å². The van der Waals surface area contributed by atoms with Crippen LogP contribution in [0.15, 0.2) is 0 Å². The van der Waals surface area contributed by atoms with Crippen LogP contribution in [-0.4, -0.2) is 35.5 Å². The van der Waals surface area contributed by atoms with Gasteiger partial charge in [0.05, 0.1) is 6.54 Å². The number of hydrogen-bond donors (Lipinski definition) is 0. The molecule has 0 aromatic carbocycles. The zero-order valence-electron chi connectivity index (χ0n) is 8.24. The normalized spacial score (nSPS) is 22.2. The highest BCUT2D eigenvalue weighted by Gasteiger charge is 2.18. The molecule has 0 spiro atoms. The maximum atomic E-state index is 10.4.